The number of nitrogens with zero attached hydrogens (tertiary/aromatic N) is 15. The number of benzene rings is 10. The van der Waals surface area contributed by atoms with Crippen molar-refractivity contribution in [1.29, 1.82) is 0 Å². The second-order valence-electron chi connectivity index (χ2n) is 39.0. The third kappa shape index (κ3) is 27.2. The highest BCUT2D eigenvalue weighted by Crippen LogP contribution is 2.48. The minimum Gasteiger partial charge on any atom is -0.481 e. The van der Waals surface area contributed by atoms with Gasteiger partial charge in [0.25, 0.3) is 0 Å². The van der Waals surface area contributed by atoms with Crippen molar-refractivity contribution in [3.8, 4) is 28.4 Å². The monoisotopic (exact) mass is 2210 g/mol. The molecule has 0 aliphatic heterocycles. The molecule has 5 heterocycles. The van der Waals surface area contributed by atoms with Gasteiger partial charge in [-0.2, -0.15) is 0 Å². The molecule has 0 radical (unpaired) electrons. The number of ketones is 5. The molecule has 5 N–H and O–H groups in total. The third-order valence-corrected chi connectivity index (χ3v) is 32.5. The number of aryl methyl sites for hydroxylation is 5. The van der Waals surface area contributed by atoms with Crippen molar-refractivity contribution in [1.82, 2.24) is 73.8 Å². The first-order valence-electron chi connectivity index (χ1n) is 48.1. The van der Waals surface area contributed by atoms with E-state index < -0.39 is 71.3 Å². The lowest BCUT2D eigenvalue weighted by Gasteiger charge is -2.23. The van der Waals surface area contributed by atoms with Crippen LogP contribution in [0.3, 0.4) is 0 Å². The number of carboxylic acids is 5. The first kappa shape index (κ1) is 113. The highest BCUT2D eigenvalue weighted by atomic mass is 79.9. The van der Waals surface area contributed by atoms with Gasteiger partial charge in [0.2, 0.25) is 9.47 Å². The van der Waals surface area contributed by atoms with Crippen LogP contribution in [0.15, 0.2) is 223 Å². The third-order valence-electron chi connectivity index (χ3n) is 25.5. The summed E-state index contributed by atoms with van der Waals surface area (Å²) in [5, 5.41) is 102. The summed E-state index contributed by atoms with van der Waals surface area (Å²) < 4.78 is 6.61. The molecule has 16 rings (SSSR count). The van der Waals surface area contributed by atoms with Gasteiger partial charge in [0.15, 0.2) is 25.8 Å². The molecule has 15 aromatic rings. The minimum absolute atomic E-state index is 0.0124. The number of carboxylic acid groups (broad SMARTS) is 5. The molecule has 0 spiro atoms. The lowest BCUT2D eigenvalue weighted by Crippen LogP contribution is -2.31. The number of rotatable bonds is 38. The summed E-state index contributed by atoms with van der Waals surface area (Å²) in [7, 11) is 0. The molecule has 3 atom stereocenters. The average Bonchev–Trinajstić information content (AvgIpc) is 1.69. The fraction of sp³-hybridized carbons (Fsp3) is 0.364. The minimum atomic E-state index is -0.980. The number of hydrogen-bond acceptors (Lipinski definition) is 25. The van der Waals surface area contributed by atoms with Crippen molar-refractivity contribution < 1.29 is 73.5 Å². The second-order valence-corrected chi connectivity index (χ2v) is 48.4. The predicted octanol–water partition coefficient (Wildman–Crippen LogP) is 24.7. The van der Waals surface area contributed by atoms with Crippen molar-refractivity contribution >= 4 is 203 Å². The smallest absolute Gasteiger partial charge is 0.306 e. The van der Waals surface area contributed by atoms with E-state index in [2.05, 4.69) is 195 Å². The maximum Gasteiger partial charge on any atom is 0.306 e. The summed E-state index contributed by atoms with van der Waals surface area (Å²) in [4.78, 5) is 119. The molecule has 0 saturated heterocycles. The van der Waals surface area contributed by atoms with Crippen LogP contribution in [0, 0.1) is 45.4 Å². The zero-order chi connectivity index (χ0) is 107. The number of aromatic nitrogens is 15. The number of hydrogen-bond donors (Lipinski definition) is 5. The fourth-order valence-electron chi connectivity index (χ4n) is 16.5. The predicted molar refractivity (Wildman–Crippen MR) is 587 cm³/mol. The van der Waals surface area contributed by atoms with E-state index in [1.165, 1.54) is 110 Å². The maximum atomic E-state index is 12.8. The Morgan fingerprint density at radius 3 is 1.01 bits per heavy atom. The van der Waals surface area contributed by atoms with E-state index in [9.17, 15) is 47.9 Å². The molecule has 1 saturated carbocycles. The van der Waals surface area contributed by atoms with Gasteiger partial charge in [-0.1, -0.05) is 258 Å². The molecule has 0 amide bonds. The Bertz CT molecular complexity index is 7500. The summed E-state index contributed by atoms with van der Waals surface area (Å²) in [6.07, 6.45) is 2.97. The lowest BCUT2D eigenvalue weighted by molar-refractivity contribution is -0.143. The Labute approximate surface area is 891 Å². The zero-order valence-electron chi connectivity index (χ0n) is 85.7. The molecule has 37 heteroatoms. The van der Waals surface area contributed by atoms with Gasteiger partial charge in [-0.3, -0.25) is 70.8 Å². The second kappa shape index (κ2) is 48.3. The molecule has 30 nitrogen and oxygen atoms in total. The Morgan fingerprint density at radius 1 is 0.327 bits per heavy atom. The first-order chi connectivity index (χ1) is 69.4. The van der Waals surface area contributed by atoms with E-state index in [0.29, 0.717) is 47.1 Å². The summed E-state index contributed by atoms with van der Waals surface area (Å²) in [6.45, 7) is 36.8. The molecule has 0 bridgehead atoms. The number of carbonyl (C=O) groups excluding carboxylic acids is 5. The van der Waals surface area contributed by atoms with Crippen molar-refractivity contribution in [2.45, 2.75) is 264 Å². The Morgan fingerprint density at radius 2 is 0.626 bits per heavy atom. The summed E-state index contributed by atoms with van der Waals surface area (Å²) in [5.74, 6) is -4.44. The van der Waals surface area contributed by atoms with Crippen LogP contribution in [0.4, 0.5) is 0 Å². The Hall–Kier alpha value is -12.4. The van der Waals surface area contributed by atoms with Gasteiger partial charge in [0.05, 0.1) is 82.8 Å². The number of halogens is 2. The lowest BCUT2D eigenvalue weighted by atomic mass is 9.95. The molecule has 1 fully saturated rings. The van der Waals surface area contributed by atoms with E-state index in [1.54, 1.807) is 76.2 Å². The molecule has 5 aromatic heterocycles. The van der Waals surface area contributed by atoms with Crippen molar-refractivity contribution in [2.24, 2.45) is 17.8 Å². The molecule has 10 aromatic carbocycles. The largest absolute Gasteiger partial charge is 0.481 e. The number of fused-ring (bicyclic) bond motifs is 5. The van der Waals surface area contributed by atoms with Crippen LogP contribution in [0.2, 0.25) is 0 Å². The topological polar surface area (TPSA) is 425 Å². The molecule has 1 aliphatic rings. The Balaban J connectivity index is 0.000000163. The molecular formula is C110H121Br2N15O15S5. The standard InChI is InChI=1S/C24H27N3O3S.C23H27N3O3S.C22H24BrN3O3S.C21H23N3O3S.C20H20BrN3O3S/c1-14(22(29)30)13-21(28)24(3,4)31-23-26-25-15(2)27(23)20-12-11-17(16-9-10-16)18-7-5-6-8-19(18)20;1-6-16-11-12-19(18-10-8-7-9-17(16)18)26-15(3)24-25-22(26)30-23(4,5)20(27)13-14(2)21(28)29;1-13(2)14-9-10-17(16-8-6-5-7-15(14)16)26-20(23)24-25-21(26)30-22(3,4)18(27)11-12-19(28)29;1-13(19(26)27)12-18(25)21(3,4)28-20-23-22-14(2)24(20)17-11-7-9-15-8-5-6-10-16(15)17;1-12-8-9-15(14-7-5-4-6-13(12)14)24-18(21)22-23-19(24)28-20(2,3)16(25)10-11-17(26)27/h5-8,11-12,14,16H,9-10,13H2,1-4H3,(H,29,30);7-12,14H,6,13H2,1-5H3,(H,28,29);5-10,13H,11-12H2,1-4H3,(H,28,29);5-11,13H,12H2,1-4H3,(H,26,27);4-9H,10-11H2,1-3H3,(H,26,27). The van der Waals surface area contributed by atoms with E-state index in [0.717, 1.165) is 90.0 Å². The highest BCUT2D eigenvalue weighted by molar-refractivity contribution is 9.10. The summed E-state index contributed by atoms with van der Waals surface area (Å²) in [6, 6.07) is 63.8. The van der Waals surface area contributed by atoms with Crippen LogP contribution in [-0.2, 0) is 54.4 Å². The maximum absolute atomic E-state index is 12.8. The number of thioether (sulfide) groups is 5. The van der Waals surface area contributed by atoms with Crippen LogP contribution in [0.1, 0.15) is 220 Å². The molecule has 147 heavy (non-hydrogen) atoms. The van der Waals surface area contributed by atoms with Gasteiger partial charge in [0, 0.05) is 59.0 Å². The SMILES string of the molecule is CC(C)c1ccc(-n2c(Br)nnc2SC(C)(C)C(=O)CCC(=O)O)c2ccccc12.CCc1ccc(-n2c(C)nnc2SC(C)(C)C(=O)CC(C)C(=O)O)c2ccccc12.Cc1ccc(-n2c(Br)nnc2SC(C)(C)C(=O)CCC(=O)O)c2ccccc12.Cc1nnc(SC(C)(C)C(=O)CC(C)C(=O)O)n1-c1ccc(C2CC2)c2ccccc12.Cc1nnc(SC(C)(C)C(=O)CC(C)C(=O)O)n1-c1cccc2ccccc12. The summed E-state index contributed by atoms with van der Waals surface area (Å²) >= 11 is 13.5. The van der Waals surface area contributed by atoms with Gasteiger partial charge in [-0.15, -0.1) is 51.0 Å². The van der Waals surface area contributed by atoms with Gasteiger partial charge in [0.1, 0.15) is 46.4 Å². The highest BCUT2D eigenvalue weighted by Gasteiger charge is 2.40. The van der Waals surface area contributed by atoms with Gasteiger partial charge in [-0.25, -0.2) is 0 Å². The summed E-state index contributed by atoms with van der Waals surface area (Å²) in [5.41, 5.74) is 9.83. The molecule has 770 valence electrons. The van der Waals surface area contributed by atoms with Crippen LogP contribution in [0.25, 0.3) is 82.3 Å². The molecule has 1 aliphatic carbocycles. The van der Waals surface area contributed by atoms with Crippen molar-refractivity contribution in [3.63, 3.8) is 0 Å². The van der Waals surface area contributed by atoms with E-state index in [1.807, 2.05) is 161 Å². The van der Waals surface area contributed by atoms with Crippen LogP contribution >= 0.6 is 90.7 Å². The van der Waals surface area contributed by atoms with E-state index in [-0.39, 0.29) is 73.9 Å². The number of Topliss-reactive ketones (excluding diaryl/α,β-unsaturated/α-hetero) is 5. The van der Waals surface area contributed by atoms with Gasteiger partial charge >= 0.3 is 29.8 Å². The molecular weight excluding hydrogens is 2090 g/mol. The van der Waals surface area contributed by atoms with Gasteiger partial charge in [-0.05, 0) is 239 Å². The number of carbonyl (C=O) groups is 10. The van der Waals surface area contributed by atoms with E-state index >= 15 is 0 Å². The number of aliphatic carboxylic acids is 5. The van der Waals surface area contributed by atoms with Crippen molar-refractivity contribution in [3.05, 3.63) is 237 Å². The zero-order valence-corrected chi connectivity index (χ0v) is 92.9. The van der Waals surface area contributed by atoms with Crippen LogP contribution < -0.4 is 0 Å². The van der Waals surface area contributed by atoms with Crippen molar-refractivity contribution in [2.75, 3.05) is 0 Å². The fourth-order valence-corrected chi connectivity index (χ4v) is 22.9. The average molecular weight is 2210 g/mol. The Kier molecular flexibility index (Phi) is 37.2. The van der Waals surface area contributed by atoms with Crippen LogP contribution in [0.5, 0.6) is 0 Å². The normalized spacial score (nSPS) is 12.9. The van der Waals surface area contributed by atoms with E-state index in [4.69, 9.17) is 25.5 Å². The molecule has 3 unspecified atom stereocenters. The quantitative estimate of drug-likeness (QED) is 0.0224. The van der Waals surface area contributed by atoms with Gasteiger partial charge < -0.3 is 25.5 Å². The van der Waals surface area contributed by atoms with Crippen LogP contribution in [-0.4, -0.2) is 182 Å². The first-order valence-corrected chi connectivity index (χ1v) is 53.8.